The molecule has 0 aromatic heterocycles. The van der Waals surface area contributed by atoms with Gasteiger partial charge in [-0.15, -0.1) is 0 Å². The van der Waals surface area contributed by atoms with Crippen molar-refractivity contribution in [1.29, 1.82) is 0 Å². The Morgan fingerprint density at radius 2 is 0.353 bits per heavy atom. The van der Waals surface area contributed by atoms with Crippen molar-refractivity contribution in [3.8, 4) is 51.7 Å². The van der Waals surface area contributed by atoms with Crippen LogP contribution in [0.5, 0.6) is 51.7 Å². The van der Waals surface area contributed by atoms with Crippen molar-refractivity contribution in [3.63, 3.8) is 0 Å². The second-order valence-electron chi connectivity index (χ2n) is 30.3. The maximum atomic E-state index is 14.5. The molecule has 0 spiro atoms. The van der Waals surface area contributed by atoms with Crippen molar-refractivity contribution >= 4 is 334 Å². The summed E-state index contributed by atoms with van der Waals surface area (Å²) < 4.78 is 112. The van der Waals surface area contributed by atoms with Gasteiger partial charge in [0.1, 0.15) is 51.7 Å². The summed E-state index contributed by atoms with van der Waals surface area (Å²) in [5.74, 6) is 1.14. The number of nitrogens with zero attached hydrogens (tertiary/aromatic N) is 2. The second-order valence-corrected chi connectivity index (χ2v) is 48.9. The molecule has 0 radical (unpaired) electrons. The van der Waals surface area contributed by atoms with E-state index < -0.39 is 47.1 Å². The lowest BCUT2D eigenvalue weighted by Crippen LogP contribution is -2.40. The van der Waals surface area contributed by atoms with Crippen molar-refractivity contribution < 1.29 is 73.6 Å². The first-order valence-corrected chi connectivity index (χ1v) is 58.2. The Labute approximate surface area is 923 Å². The molecule has 12 aromatic rings. The van der Waals surface area contributed by atoms with Crippen LogP contribution in [0.3, 0.4) is 0 Å². The van der Waals surface area contributed by atoms with E-state index in [0.29, 0.717) is 76.0 Å². The van der Waals surface area contributed by atoms with Gasteiger partial charge in [0.25, 0.3) is 23.6 Å². The number of carbonyl (C=O) groups is 4. The van der Waals surface area contributed by atoms with Gasteiger partial charge in [0.05, 0.1) is 22.3 Å². The molecule has 0 bridgehead atoms. The number of amides is 4. The van der Waals surface area contributed by atoms with Gasteiger partial charge in [-0.3, -0.25) is 29.0 Å². The van der Waals surface area contributed by atoms with Crippen molar-refractivity contribution in [3.05, 3.63) is 343 Å². The molecule has 2 aliphatic rings. The number of benzene rings is 12. The molecule has 0 N–H and O–H groups in total. The van der Waals surface area contributed by atoms with Gasteiger partial charge in [-0.1, -0.05) is 133 Å². The summed E-state index contributed by atoms with van der Waals surface area (Å²) in [4.78, 5) is 54.2. The number of phosphoric acid groups is 3. The number of para-hydroxylation sites is 7. The lowest BCUT2D eigenvalue weighted by atomic mass is 10.0. The molecule has 4 amide bonds. The smallest absolute Gasteiger partial charge is 0.386 e. The van der Waals surface area contributed by atoms with Gasteiger partial charge in [-0.2, -0.15) is 13.7 Å². The number of carbonyl (C=O) groups excluding carboxylic acids is 4. The van der Waals surface area contributed by atoms with Crippen LogP contribution in [-0.4, -0.2) is 46.5 Å². The Morgan fingerprint density at radius 3 is 0.526 bits per heavy atom. The van der Waals surface area contributed by atoms with Crippen molar-refractivity contribution in [2.45, 2.75) is 110 Å². The third kappa shape index (κ3) is 24.9. The normalized spacial score (nSPS) is 12.3. The number of hydrogen-bond donors (Lipinski definition) is 0. The fraction of sp³-hybridized carbons (Fsp3) is 0.191. The molecule has 14 rings (SSSR count). The Hall–Kier alpha value is -3.55. The molecule has 133 heavy (non-hydrogen) atoms. The highest BCUT2D eigenvalue weighted by atomic mass is 79.9. The maximum absolute atomic E-state index is 14.5. The van der Waals surface area contributed by atoms with Crippen LogP contribution >= 0.6 is 310 Å². The van der Waals surface area contributed by atoms with Crippen LogP contribution in [0, 0.1) is 96.9 Å². The number of imide groups is 2. The zero-order valence-corrected chi connectivity index (χ0v) is 104. The van der Waals surface area contributed by atoms with E-state index in [-0.39, 0.29) is 46.8 Å². The Balaban J connectivity index is 0.000000177. The summed E-state index contributed by atoms with van der Waals surface area (Å²) in [5.41, 5.74) is 14.4. The highest BCUT2D eigenvalue weighted by Gasteiger charge is 2.46. The second kappa shape index (κ2) is 46.7. The van der Waals surface area contributed by atoms with Crippen LogP contribution in [0.1, 0.15) is 130 Å². The average molecular weight is 3020 g/mol. The lowest BCUT2D eigenvalue weighted by Gasteiger charge is -2.24. The van der Waals surface area contributed by atoms with E-state index in [1.807, 2.05) is 224 Å². The van der Waals surface area contributed by atoms with E-state index >= 15 is 0 Å². The fourth-order valence-corrected chi connectivity index (χ4v) is 30.4. The number of fused-ring (bicyclic) bond motifs is 2. The monoisotopic (exact) mass is 3000 g/mol. The molecule has 0 unspecified atom stereocenters. The third-order valence-corrected chi connectivity index (χ3v) is 46.4. The molecule has 0 atom stereocenters. The van der Waals surface area contributed by atoms with E-state index in [9.17, 15) is 32.9 Å². The Bertz CT molecular complexity index is 6030. The molecule has 2 aliphatic heterocycles. The minimum atomic E-state index is -4.39. The lowest BCUT2D eigenvalue weighted by molar-refractivity contribution is 0.0560. The third-order valence-electron chi connectivity index (χ3n) is 20.7. The molecule has 0 saturated heterocycles. The largest absolute Gasteiger partial charge is 0.647 e. The predicted molar refractivity (Wildman–Crippen MR) is 589 cm³/mol. The molecular weight excluding hydrogens is 2940 g/mol. The van der Waals surface area contributed by atoms with Crippen LogP contribution in [0.2, 0.25) is 0 Å². The van der Waals surface area contributed by atoms with Crippen LogP contribution in [0.4, 0.5) is 0 Å². The van der Waals surface area contributed by atoms with Gasteiger partial charge in [-0.25, -0.2) is 0 Å². The Kier molecular flexibility index (Phi) is 38.5. The predicted octanol–water partition coefficient (Wildman–Crippen LogP) is 37.4. The van der Waals surface area contributed by atoms with Crippen molar-refractivity contribution in [2.75, 3.05) is 13.1 Å². The highest BCUT2D eigenvalue weighted by Crippen LogP contribution is 2.59. The standard InChI is InChI=1S/C38H40O8P2.C24H27O4P.C18H4Br8N2O4.C14H4Br10/c1-25-14-9-15-26(2)35(25)43-47(39,44-36-27(3)16-10-17-28(36)4)41-33-22-13-23-34(24-33)42-48(40,45-37-29(5)18-11-19-30(37)6)46-38-31(7)20-12-21-32(38)8;1-16-10-7-11-17(2)22(16)26-29(25,27-23-18(3)12-8-13-19(23)4)28-24-20(5)14-9-15-21(24)6;19-7-3-4(8(20)12(24)11(7)23)16(30)27(15(3)29)1-2-28-17(31)5-6(18(28)32)10(22)14(26)13(25)9(5)21;15-5-3(6(16)10(20)13(23)9(5)19)1-2-4-7(17)11(21)14(24)12(22)8(4)18/h9-24H,1-8H3;7-15H,1-6H3;1-2H2;1-2H2. The molecule has 39 heteroatoms. The molecule has 0 fully saturated rings. The van der Waals surface area contributed by atoms with Crippen LogP contribution in [0.15, 0.2) is 232 Å². The van der Waals surface area contributed by atoms with E-state index in [1.165, 1.54) is 17.2 Å². The van der Waals surface area contributed by atoms with Gasteiger partial charge in [0.15, 0.2) is 0 Å². The first-order valence-electron chi connectivity index (χ1n) is 39.5. The first kappa shape index (κ1) is 110. The number of aryl methyl sites for hydroxylation is 14. The average Bonchev–Trinajstić information content (AvgIpc) is 1.58. The molecule has 18 nitrogen and oxygen atoms in total. The summed E-state index contributed by atoms with van der Waals surface area (Å²) in [7, 11) is -12.8. The minimum absolute atomic E-state index is 0.0824. The highest BCUT2D eigenvalue weighted by molar-refractivity contribution is 9.17. The van der Waals surface area contributed by atoms with E-state index in [2.05, 4.69) is 287 Å². The molecule has 698 valence electrons. The van der Waals surface area contributed by atoms with E-state index in [0.717, 1.165) is 145 Å². The van der Waals surface area contributed by atoms with Gasteiger partial charge < -0.3 is 40.7 Å². The molecule has 0 aliphatic carbocycles. The van der Waals surface area contributed by atoms with Gasteiger partial charge in [0.2, 0.25) is 0 Å². The number of phosphoric ester groups is 3. The van der Waals surface area contributed by atoms with E-state index in [4.69, 9.17) is 40.7 Å². The summed E-state index contributed by atoms with van der Waals surface area (Å²) in [6.45, 7) is 26.0. The molecule has 2 heterocycles. The molecular formula is C94H75Br18N2O16P3. The zero-order valence-electron chi connectivity index (χ0n) is 72.3. The van der Waals surface area contributed by atoms with Gasteiger partial charge >= 0.3 is 23.5 Å². The Morgan fingerprint density at radius 1 is 0.211 bits per heavy atom. The summed E-state index contributed by atoms with van der Waals surface area (Å²) in [6.07, 6.45) is 1.70. The SMILES string of the molecule is Brc1c(Br)c(Br)c(CCc2c(Br)c(Br)c(Br)c(Br)c2Br)c(Br)c1Br.Cc1cccc(C)c1OP(=O)(Oc1c(C)cccc1C)Oc1c(C)cccc1C.Cc1cccc(C)c1OP(=O)(Oc1cccc(OP(=O)(Oc2c(C)cccc2C)Oc2c(C)cccc2C)c1)Oc1c(C)cccc1C.O=C1c2c(Br)c(Br)c(Br)c(Br)c2C(=O)N1CCN1C(=O)c2c(Br)c(Br)c(Br)c(Br)c2C1=O. The number of hydrogen-bond acceptors (Lipinski definition) is 16. The van der Waals surface area contributed by atoms with Crippen molar-refractivity contribution in [2.24, 2.45) is 0 Å². The summed E-state index contributed by atoms with van der Waals surface area (Å²) in [5, 5.41) is 0. The maximum Gasteiger partial charge on any atom is 0.647 e. The fourth-order valence-electron chi connectivity index (χ4n) is 13.8. The van der Waals surface area contributed by atoms with Gasteiger partial charge in [0, 0.05) is 99.7 Å². The van der Waals surface area contributed by atoms with Crippen LogP contribution in [-0.2, 0) is 26.5 Å². The summed E-state index contributed by atoms with van der Waals surface area (Å²) >= 11 is 63.4. The molecule has 12 aromatic carbocycles. The van der Waals surface area contributed by atoms with Crippen LogP contribution in [0.25, 0.3) is 0 Å². The number of rotatable bonds is 24. The van der Waals surface area contributed by atoms with Gasteiger partial charge in [-0.05, 0) is 498 Å². The zero-order chi connectivity index (χ0) is 98.0. The summed E-state index contributed by atoms with van der Waals surface area (Å²) in [6, 6.07) is 45.8. The van der Waals surface area contributed by atoms with E-state index in [1.54, 1.807) is 18.2 Å². The quantitative estimate of drug-likeness (QED) is 0.0238. The first-order chi connectivity index (χ1) is 62.5. The topological polar surface area (TPSA) is 209 Å². The minimum Gasteiger partial charge on any atom is -0.386 e. The molecule has 0 saturated carbocycles. The van der Waals surface area contributed by atoms with Crippen LogP contribution < -0.4 is 40.7 Å². The number of halogens is 18. The van der Waals surface area contributed by atoms with Crippen molar-refractivity contribution in [1.82, 2.24) is 9.80 Å².